The Kier molecular flexibility index (Phi) is 4.69. The van der Waals surface area contributed by atoms with Gasteiger partial charge in [-0.15, -0.1) is 0 Å². The molecule has 2 heterocycles. The van der Waals surface area contributed by atoms with Crippen molar-refractivity contribution >= 4 is 11.6 Å². The van der Waals surface area contributed by atoms with Crippen molar-refractivity contribution in [2.75, 3.05) is 24.6 Å². The summed E-state index contributed by atoms with van der Waals surface area (Å²) in [5, 5.41) is 3.37. The SMILES string of the molecule is CC(CN=C(N)NC1CCOc2ccccc21)N1CCc2ccccc21. The number of anilines is 1. The Morgan fingerprint density at radius 1 is 1.27 bits per heavy atom. The van der Waals surface area contributed by atoms with Gasteiger partial charge in [0.2, 0.25) is 0 Å². The van der Waals surface area contributed by atoms with Crippen molar-refractivity contribution in [2.24, 2.45) is 10.7 Å². The summed E-state index contributed by atoms with van der Waals surface area (Å²) in [7, 11) is 0. The predicted molar refractivity (Wildman–Crippen MR) is 106 cm³/mol. The summed E-state index contributed by atoms with van der Waals surface area (Å²) in [5.41, 5.74) is 10.1. The number of nitrogens with one attached hydrogen (secondary N) is 1. The van der Waals surface area contributed by atoms with E-state index in [0.29, 0.717) is 25.2 Å². The normalized spacial score (nSPS) is 20.1. The van der Waals surface area contributed by atoms with E-state index in [1.165, 1.54) is 11.3 Å². The van der Waals surface area contributed by atoms with Crippen LogP contribution >= 0.6 is 0 Å². The van der Waals surface area contributed by atoms with Gasteiger partial charge in [-0.2, -0.15) is 0 Å². The van der Waals surface area contributed by atoms with E-state index in [9.17, 15) is 0 Å². The van der Waals surface area contributed by atoms with Crippen molar-refractivity contribution in [3.05, 3.63) is 59.7 Å². The Morgan fingerprint density at radius 2 is 2.08 bits per heavy atom. The summed E-state index contributed by atoms with van der Waals surface area (Å²) in [6.45, 7) is 4.64. The lowest BCUT2D eigenvalue weighted by molar-refractivity contribution is 0.262. The van der Waals surface area contributed by atoms with Crippen LogP contribution in [0.5, 0.6) is 5.75 Å². The number of hydrogen-bond donors (Lipinski definition) is 2. The Balaban J connectivity index is 1.39. The molecule has 0 radical (unpaired) electrons. The van der Waals surface area contributed by atoms with Crippen LogP contribution in [0.1, 0.15) is 30.5 Å². The molecule has 0 aliphatic carbocycles. The molecule has 2 aliphatic rings. The van der Waals surface area contributed by atoms with E-state index in [1.54, 1.807) is 0 Å². The average Bonchev–Trinajstić information content (AvgIpc) is 3.11. The highest BCUT2D eigenvalue weighted by molar-refractivity contribution is 5.78. The van der Waals surface area contributed by atoms with Gasteiger partial charge in [0.05, 0.1) is 19.2 Å². The zero-order valence-corrected chi connectivity index (χ0v) is 15.2. The van der Waals surface area contributed by atoms with E-state index in [2.05, 4.69) is 52.5 Å². The largest absolute Gasteiger partial charge is 0.493 e. The minimum atomic E-state index is 0.159. The first-order valence-corrected chi connectivity index (χ1v) is 9.35. The third-order valence-electron chi connectivity index (χ3n) is 5.26. The second-order valence-corrected chi connectivity index (χ2v) is 7.02. The van der Waals surface area contributed by atoms with Crippen LogP contribution in [0.2, 0.25) is 0 Å². The van der Waals surface area contributed by atoms with Gasteiger partial charge in [0.15, 0.2) is 5.96 Å². The molecule has 0 aromatic heterocycles. The Hall–Kier alpha value is -2.69. The van der Waals surface area contributed by atoms with Crippen molar-refractivity contribution in [2.45, 2.75) is 31.8 Å². The number of fused-ring (bicyclic) bond motifs is 2. The molecule has 2 aliphatic heterocycles. The first-order valence-electron chi connectivity index (χ1n) is 9.35. The molecule has 3 N–H and O–H groups in total. The van der Waals surface area contributed by atoms with Crippen molar-refractivity contribution < 1.29 is 4.74 Å². The van der Waals surface area contributed by atoms with E-state index < -0.39 is 0 Å². The molecular formula is C21H26N4O. The molecule has 0 spiro atoms. The molecule has 4 rings (SSSR count). The highest BCUT2D eigenvalue weighted by Crippen LogP contribution is 2.31. The van der Waals surface area contributed by atoms with Crippen LogP contribution in [0.4, 0.5) is 5.69 Å². The molecule has 0 bridgehead atoms. The Morgan fingerprint density at radius 3 is 3.00 bits per heavy atom. The van der Waals surface area contributed by atoms with Crippen LogP contribution in [0.25, 0.3) is 0 Å². The summed E-state index contributed by atoms with van der Waals surface area (Å²) in [6, 6.07) is 17.2. The minimum absolute atomic E-state index is 0.159. The molecule has 2 atom stereocenters. The van der Waals surface area contributed by atoms with Gasteiger partial charge in [-0.05, 0) is 31.0 Å². The van der Waals surface area contributed by atoms with E-state index in [4.69, 9.17) is 10.5 Å². The summed E-state index contributed by atoms with van der Waals surface area (Å²) in [6.07, 6.45) is 2.00. The first-order chi connectivity index (χ1) is 12.7. The fourth-order valence-electron chi connectivity index (χ4n) is 3.87. The lowest BCUT2D eigenvalue weighted by atomic mass is 10.0. The second-order valence-electron chi connectivity index (χ2n) is 7.02. The summed E-state index contributed by atoms with van der Waals surface area (Å²) in [5.74, 6) is 1.44. The lowest BCUT2D eigenvalue weighted by Gasteiger charge is -2.28. The average molecular weight is 350 g/mol. The maximum Gasteiger partial charge on any atom is 0.189 e. The number of nitrogens with zero attached hydrogens (tertiary/aromatic N) is 2. The molecule has 2 unspecified atom stereocenters. The van der Waals surface area contributed by atoms with Crippen molar-refractivity contribution in [1.29, 1.82) is 0 Å². The molecule has 5 nitrogen and oxygen atoms in total. The molecule has 0 saturated carbocycles. The molecule has 136 valence electrons. The van der Waals surface area contributed by atoms with Gasteiger partial charge in [-0.25, -0.2) is 0 Å². The monoisotopic (exact) mass is 350 g/mol. The van der Waals surface area contributed by atoms with Crippen molar-refractivity contribution in [3.63, 3.8) is 0 Å². The number of hydrogen-bond acceptors (Lipinski definition) is 3. The van der Waals surface area contributed by atoms with Crippen molar-refractivity contribution in [3.8, 4) is 5.75 Å². The van der Waals surface area contributed by atoms with Crippen molar-refractivity contribution in [1.82, 2.24) is 5.32 Å². The fourth-order valence-corrected chi connectivity index (χ4v) is 3.87. The molecule has 2 aromatic carbocycles. The van der Waals surface area contributed by atoms with Gasteiger partial charge in [-0.1, -0.05) is 36.4 Å². The number of benzene rings is 2. The zero-order chi connectivity index (χ0) is 17.9. The maximum absolute atomic E-state index is 6.18. The number of para-hydroxylation sites is 2. The van der Waals surface area contributed by atoms with Gasteiger partial charge >= 0.3 is 0 Å². The van der Waals surface area contributed by atoms with Gasteiger partial charge in [0.25, 0.3) is 0 Å². The zero-order valence-electron chi connectivity index (χ0n) is 15.2. The number of aliphatic imine (C=N–C) groups is 1. The Labute approximate surface area is 154 Å². The molecular weight excluding hydrogens is 324 g/mol. The molecule has 0 saturated heterocycles. The highest BCUT2D eigenvalue weighted by atomic mass is 16.5. The highest BCUT2D eigenvalue weighted by Gasteiger charge is 2.23. The number of nitrogens with two attached hydrogens (primary N) is 1. The third-order valence-corrected chi connectivity index (χ3v) is 5.26. The van der Waals surface area contributed by atoms with E-state index in [1.807, 2.05) is 18.2 Å². The van der Waals surface area contributed by atoms with Crippen LogP contribution in [0.3, 0.4) is 0 Å². The third kappa shape index (κ3) is 3.34. The molecule has 0 amide bonds. The quantitative estimate of drug-likeness (QED) is 0.657. The number of rotatable bonds is 4. The lowest BCUT2D eigenvalue weighted by Crippen LogP contribution is -2.39. The van der Waals surface area contributed by atoms with E-state index in [0.717, 1.165) is 30.7 Å². The summed E-state index contributed by atoms with van der Waals surface area (Å²) < 4.78 is 5.71. The van der Waals surface area contributed by atoms with Gasteiger partial charge in [-0.3, -0.25) is 4.99 Å². The molecule has 26 heavy (non-hydrogen) atoms. The van der Waals surface area contributed by atoms with Gasteiger partial charge < -0.3 is 20.7 Å². The van der Waals surface area contributed by atoms with Crippen LogP contribution < -0.4 is 20.7 Å². The van der Waals surface area contributed by atoms with Crippen LogP contribution in [0, 0.1) is 0 Å². The summed E-state index contributed by atoms with van der Waals surface area (Å²) >= 11 is 0. The molecule has 2 aromatic rings. The minimum Gasteiger partial charge on any atom is -0.493 e. The topological polar surface area (TPSA) is 62.9 Å². The van der Waals surface area contributed by atoms with Crippen LogP contribution in [-0.4, -0.2) is 31.7 Å². The summed E-state index contributed by atoms with van der Waals surface area (Å²) in [4.78, 5) is 7.04. The predicted octanol–water partition coefficient (Wildman–Crippen LogP) is 2.87. The fraction of sp³-hybridized carbons (Fsp3) is 0.381. The Bertz CT molecular complexity index is 804. The van der Waals surface area contributed by atoms with E-state index >= 15 is 0 Å². The molecule has 0 fully saturated rings. The molecule has 5 heteroatoms. The van der Waals surface area contributed by atoms with Gasteiger partial charge in [0, 0.05) is 30.3 Å². The smallest absolute Gasteiger partial charge is 0.189 e. The van der Waals surface area contributed by atoms with Gasteiger partial charge in [0.1, 0.15) is 5.75 Å². The number of guanidine groups is 1. The number of ether oxygens (including phenoxy) is 1. The van der Waals surface area contributed by atoms with Crippen LogP contribution in [0.15, 0.2) is 53.5 Å². The first kappa shape index (κ1) is 16.8. The van der Waals surface area contributed by atoms with E-state index in [-0.39, 0.29) is 6.04 Å². The van der Waals surface area contributed by atoms with Crippen LogP contribution in [-0.2, 0) is 6.42 Å². The maximum atomic E-state index is 6.18. The standard InChI is InChI=1S/C21H26N4O/c1-15(25-12-10-16-6-2-4-8-19(16)25)14-23-21(22)24-18-11-13-26-20-9-5-3-7-17(18)20/h2-9,15,18H,10-14H2,1H3,(H3,22,23,24). The second kappa shape index (κ2) is 7.28.